The molecule has 0 amide bonds. The molecular weight excluding hydrogens is 258 g/mol. The van der Waals surface area contributed by atoms with E-state index in [1.807, 2.05) is 6.07 Å². The zero-order chi connectivity index (χ0) is 14.2. The summed E-state index contributed by atoms with van der Waals surface area (Å²) in [7, 11) is 0. The molecule has 3 heteroatoms. The van der Waals surface area contributed by atoms with Crippen LogP contribution in [0.5, 0.6) is 5.75 Å². The fourth-order valence-electron chi connectivity index (χ4n) is 2.81. The second-order valence-corrected chi connectivity index (χ2v) is 6.65. The van der Waals surface area contributed by atoms with Gasteiger partial charge in [-0.25, -0.2) is 0 Å². The first-order valence-electron chi connectivity index (χ1n) is 7.06. The number of fused-ring (bicyclic) bond motifs is 1. The Bertz CT molecular complexity index is 468. The molecule has 0 N–H and O–H groups in total. The van der Waals surface area contributed by atoms with E-state index in [9.17, 15) is 0 Å². The minimum Gasteiger partial charge on any atom is -0.490 e. The molecule has 0 aliphatic carbocycles. The van der Waals surface area contributed by atoms with E-state index in [1.165, 1.54) is 11.1 Å². The molecule has 1 aliphatic rings. The maximum atomic E-state index is 6.38. The molecule has 0 spiro atoms. The SMILES string of the molecule is CCc1cc(Cl)c2c(c1)CN(C(C)C)C(C)(C)CO2. The van der Waals surface area contributed by atoms with Gasteiger partial charge < -0.3 is 4.74 Å². The molecule has 0 saturated heterocycles. The van der Waals surface area contributed by atoms with E-state index in [0.29, 0.717) is 12.6 Å². The lowest BCUT2D eigenvalue weighted by Crippen LogP contribution is -2.49. The Hall–Kier alpha value is -0.730. The number of halogens is 1. The third kappa shape index (κ3) is 2.90. The highest BCUT2D eigenvalue weighted by atomic mass is 35.5. The van der Waals surface area contributed by atoms with Gasteiger partial charge in [0.1, 0.15) is 12.4 Å². The minimum absolute atomic E-state index is 0.0168. The van der Waals surface area contributed by atoms with Gasteiger partial charge in [-0.2, -0.15) is 0 Å². The second-order valence-electron chi connectivity index (χ2n) is 6.24. The molecule has 1 heterocycles. The van der Waals surface area contributed by atoms with E-state index < -0.39 is 0 Å². The molecule has 0 unspecified atom stereocenters. The zero-order valence-electron chi connectivity index (χ0n) is 12.6. The maximum absolute atomic E-state index is 6.38. The summed E-state index contributed by atoms with van der Waals surface area (Å²) in [4.78, 5) is 2.48. The van der Waals surface area contributed by atoms with Crippen molar-refractivity contribution in [2.75, 3.05) is 6.61 Å². The van der Waals surface area contributed by atoms with Crippen molar-refractivity contribution in [3.8, 4) is 5.75 Å². The number of rotatable bonds is 2. The van der Waals surface area contributed by atoms with Crippen molar-refractivity contribution in [1.82, 2.24) is 4.90 Å². The number of hydrogen-bond donors (Lipinski definition) is 0. The van der Waals surface area contributed by atoms with E-state index in [4.69, 9.17) is 16.3 Å². The molecular formula is C16H24ClNO. The molecule has 0 saturated carbocycles. The topological polar surface area (TPSA) is 12.5 Å². The number of hydrogen-bond acceptors (Lipinski definition) is 2. The van der Waals surface area contributed by atoms with Gasteiger partial charge in [0.05, 0.1) is 5.02 Å². The molecule has 106 valence electrons. The van der Waals surface area contributed by atoms with E-state index in [-0.39, 0.29) is 5.54 Å². The summed E-state index contributed by atoms with van der Waals surface area (Å²) in [6.07, 6.45) is 0.998. The van der Waals surface area contributed by atoms with Crippen LogP contribution in [0.1, 0.15) is 45.7 Å². The van der Waals surface area contributed by atoms with Gasteiger partial charge in [0.2, 0.25) is 0 Å². The maximum Gasteiger partial charge on any atom is 0.142 e. The van der Waals surface area contributed by atoms with Gasteiger partial charge in [0.15, 0.2) is 0 Å². The molecule has 0 aromatic heterocycles. The van der Waals surface area contributed by atoms with Crippen LogP contribution in [0, 0.1) is 0 Å². The van der Waals surface area contributed by atoms with E-state index in [1.54, 1.807) is 0 Å². The van der Waals surface area contributed by atoms with Gasteiger partial charge in [-0.3, -0.25) is 4.90 Å². The lowest BCUT2D eigenvalue weighted by molar-refractivity contribution is 0.0480. The molecule has 2 nitrogen and oxygen atoms in total. The number of nitrogens with zero attached hydrogens (tertiary/aromatic N) is 1. The Kier molecular flexibility index (Phi) is 4.12. The van der Waals surface area contributed by atoms with Crippen LogP contribution in [0.2, 0.25) is 5.02 Å². The van der Waals surface area contributed by atoms with Crippen molar-refractivity contribution in [3.63, 3.8) is 0 Å². The van der Waals surface area contributed by atoms with Crippen molar-refractivity contribution in [2.45, 2.75) is 59.2 Å². The number of benzene rings is 1. The highest BCUT2D eigenvalue weighted by Crippen LogP contribution is 2.37. The Morgan fingerprint density at radius 3 is 2.63 bits per heavy atom. The van der Waals surface area contributed by atoms with E-state index in [0.717, 1.165) is 23.7 Å². The smallest absolute Gasteiger partial charge is 0.142 e. The number of aryl methyl sites for hydroxylation is 1. The normalized spacial score (nSPS) is 18.9. The quantitative estimate of drug-likeness (QED) is 0.802. The molecule has 1 aromatic rings. The molecule has 1 aromatic carbocycles. The minimum atomic E-state index is 0.0168. The second kappa shape index (κ2) is 5.34. The standard InChI is InChI=1S/C16H24ClNO/c1-6-12-7-13-9-18(11(2)3)16(4,5)10-19-15(13)14(17)8-12/h7-8,11H,6,9-10H2,1-5H3. The third-order valence-corrected chi connectivity index (χ3v) is 4.18. The summed E-state index contributed by atoms with van der Waals surface area (Å²) >= 11 is 6.38. The van der Waals surface area contributed by atoms with Gasteiger partial charge in [-0.15, -0.1) is 0 Å². The van der Waals surface area contributed by atoms with E-state index >= 15 is 0 Å². The summed E-state index contributed by atoms with van der Waals surface area (Å²) < 4.78 is 6.00. The van der Waals surface area contributed by atoms with Crippen LogP contribution in [-0.4, -0.2) is 23.1 Å². The van der Waals surface area contributed by atoms with Crippen LogP contribution in [0.3, 0.4) is 0 Å². The van der Waals surface area contributed by atoms with Crippen LogP contribution in [0.25, 0.3) is 0 Å². The van der Waals surface area contributed by atoms with Gasteiger partial charge in [0.25, 0.3) is 0 Å². The highest BCUT2D eigenvalue weighted by molar-refractivity contribution is 6.32. The first-order valence-corrected chi connectivity index (χ1v) is 7.43. The van der Waals surface area contributed by atoms with Crippen molar-refractivity contribution in [1.29, 1.82) is 0 Å². The van der Waals surface area contributed by atoms with Crippen LogP contribution in [-0.2, 0) is 13.0 Å². The van der Waals surface area contributed by atoms with Crippen molar-refractivity contribution < 1.29 is 4.74 Å². The monoisotopic (exact) mass is 281 g/mol. The van der Waals surface area contributed by atoms with Gasteiger partial charge >= 0.3 is 0 Å². The fraction of sp³-hybridized carbons (Fsp3) is 0.625. The Labute approximate surface area is 121 Å². The van der Waals surface area contributed by atoms with Crippen molar-refractivity contribution in [3.05, 3.63) is 28.3 Å². The summed E-state index contributed by atoms with van der Waals surface area (Å²) in [5.74, 6) is 0.870. The molecule has 0 atom stereocenters. The Morgan fingerprint density at radius 2 is 2.05 bits per heavy atom. The van der Waals surface area contributed by atoms with E-state index in [2.05, 4.69) is 45.6 Å². The molecule has 0 bridgehead atoms. The summed E-state index contributed by atoms with van der Waals surface area (Å²) in [6, 6.07) is 4.74. The van der Waals surface area contributed by atoms with Crippen LogP contribution < -0.4 is 4.74 Å². The summed E-state index contributed by atoms with van der Waals surface area (Å²) in [6.45, 7) is 12.6. The van der Waals surface area contributed by atoms with Gasteiger partial charge in [-0.1, -0.05) is 24.6 Å². The molecule has 0 fully saturated rings. The van der Waals surface area contributed by atoms with Gasteiger partial charge in [-0.05, 0) is 45.7 Å². The molecule has 1 aliphatic heterocycles. The molecule has 19 heavy (non-hydrogen) atoms. The van der Waals surface area contributed by atoms with Crippen molar-refractivity contribution in [2.24, 2.45) is 0 Å². The Morgan fingerprint density at radius 1 is 1.37 bits per heavy atom. The van der Waals surface area contributed by atoms with Crippen molar-refractivity contribution >= 4 is 11.6 Å². The zero-order valence-corrected chi connectivity index (χ0v) is 13.3. The average molecular weight is 282 g/mol. The van der Waals surface area contributed by atoms with Crippen LogP contribution >= 0.6 is 11.6 Å². The Balaban J connectivity index is 2.45. The van der Waals surface area contributed by atoms with Crippen LogP contribution in [0.4, 0.5) is 0 Å². The predicted octanol–water partition coefficient (Wildman–Crippen LogP) is 4.28. The lowest BCUT2D eigenvalue weighted by atomic mass is 10.0. The van der Waals surface area contributed by atoms with Gasteiger partial charge in [0, 0.05) is 23.7 Å². The fourth-order valence-corrected chi connectivity index (χ4v) is 3.12. The first-order chi connectivity index (χ1) is 8.85. The average Bonchev–Trinajstić information content (AvgIpc) is 2.46. The third-order valence-electron chi connectivity index (χ3n) is 3.90. The van der Waals surface area contributed by atoms with Crippen LogP contribution in [0.15, 0.2) is 12.1 Å². The summed E-state index contributed by atoms with van der Waals surface area (Å²) in [5.41, 5.74) is 2.50. The first kappa shape index (κ1) is 14.7. The largest absolute Gasteiger partial charge is 0.490 e. The molecule has 2 rings (SSSR count). The lowest BCUT2D eigenvalue weighted by Gasteiger charge is -2.39. The highest BCUT2D eigenvalue weighted by Gasteiger charge is 2.33. The predicted molar refractivity (Wildman–Crippen MR) is 81.1 cm³/mol. The number of ether oxygens (including phenoxy) is 1. The molecule has 0 radical (unpaired) electrons. The summed E-state index contributed by atoms with van der Waals surface area (Å²) in [5, 5.41) is 0.746.